The molecule has 3 N–H and O–H groups in total. The molecule has 0 saturated carbocycles. The second kappa shape index (κ2) is 6.21. The molecule has 0 aliphatic heterocycles. The quantitative estimate of drug-likeness (QED) is 0.596. The number of nitrogens with one attached hydrogen (secondary N) is 1. The largest absolute Gasteiger partial charge is 0.508 e. The Morgan fingerprint density at radius 1 is 1.20 bits per heavy atom. The van der Waals surface area contributed by atoms with Gasteiger partial charge in [-0.05, 0) is 35.9 Å². The maximum atomic E-state index is 11.8. The van der Waals surface area contributed by atoms with E-state index in [-0.39, 0.29) is 17.1 Å². The number of halogens is 1. The van der Waals surface area contributed by atoms with Crippen molar-refractivity contribution in [1.29, 1.82) is 0 Å². The maximum Gasteiger partial charge on any atom is 0.275 e. The van der Waals surface area contributed by atoms with Crippen LogP contribution >= 0.6 is 15.9 Å². The van der Waals surface area contributed by atoms with E-state index in [2.05, 4.69) is 26.5 Å². The molecule has 20 heavy (non-hydrogen) atoms. The number of hydrazone groups is 1. The zero-order valence-corrected chi connectivity index (χ0v) is 11.8. The molecule has 0 saturated heterocycles. The molecule has 0 aliphatic carbocycles. The van der Waals surface area contributed by atoms with Gasteiger partial charge in [-0.25, -0.2) is 5.43 Å². The average molecular weight is 335 g/mol. The maximum absolute atomic E-state index is 11.8. The van der Waals surface area contributed by atoms with Crippen LogP contribution in [0.15, 0.2) is 52.0 Å². The van der Waals surface area contributed by atoms with Gasteiger partial charge >= 0.3 is 0 Å². The Morgan fingerprint density at radius 2 is 2.00 bits per heavy atom. The number of carbonyl (C=O) groups is 1. The summed E-state index contributed by atoms with van der Waals surface area (Å²) in [6, 6.07) is 11.0. The second-order valence-electron chi connectivity index (χ2n) is 3.96. The third kappa shape index (κ3) is 3.58. The van der Waals surface area contributed by atoms with Gasteiger partial charge in [0.05, 0.1) is 11.8 Å². The van der Waals surface area contributed by atoms with E-state index in [1.165, 1.54) is 30.5 Å². The molecule has 0 radical (unpaired) electrons. The van der Waals surface area contributed by atoms with E-state index in [9.17, 15) is 15.0 Å². The first-order valence-corrected chi connectivity index (χ1v) is 6.46. The van der Waals surface area contributed by atoms with E-state index in [1.807, 2.05) is 0 Å². The third-order valence-corrected chi connectivity index (χ3v) is 2.95. The van der Waals surface area contributed by atoms with Crippen LogP contribution in [-0.2, 0) is 0 Å². The molecule has 2 aromatic rings. The van der Waals surface area contributed by atoms with Gasteiger partial charge in [0.25, 0.3) is 5.91 Å². The zero-order valence-electron chi connectivity index (χ0n) is 10.2. The predicted octanol–water partition coefficient (Wildman–Crippen LogP) is 2.62. The van der Waals surface area contributed by atoms with Gasteiger partial charge in [0.15, 0.2) is 0 Å². The summed E-state index contributed by atoms with van der Waals surface area (Å²) in [5.74, 6) is -0.540. The topological polar surface area (TPSA) is 81.9 Å². The van der Waals surface area contributed by atoms with Crippen LogP contribution in [0, 0.1) is 0 Å². The van der Waals surface area contributed by atoms with Crippen molar-refractivity contribution in [3.05, 3.63) is 58.1 Å². The van der Waals surface area contributed by atoms with E-state index >= 15 is 0 Å². The monoisotopic (exact) mass is 334 g/mol. The highest BCUT2D eigenvalue weighted by Crippen LogP contribution is 2.22. The normalized spacial score (nSPS) is 10.7. The van der Waals surface area contributed by atoms with Crippen molar-refractivity contribution in [2.75, 3.05) is 0 Å². The molecular formula is C14H11BrN2O3. The number of rotatable bonds is 3. The van der Waals surface area contributed by atoms with Gasteiger partial charge < -0.3 is 10.2 Å². The first kappa shape index (κ1) is 14.1. The molecule has 0 heterocycles. The zero-order chi connectivity index (χ0) is 14.5. The molecule has 0 unspecified atom stereocenters. The Bertz CT molecular complexity index is 671. The molecule has 2 aromatic carbocycles. The van der Waals surface area contributed by atoms with Crippen LogP contribution in [0.4, 0.5) is 0 Å². The molecule has 6 heteroatoms. The standard InChI is InChI=1S/C14H11BrN2O3/c15-10-4-5-12(13(19)7-10)14(20)17-16-8-9-2-1-3-11(18)6-9/h1-8,18-19H,(H,17,20)/b16-8+. The van der Waals surface area contributed by atoms with Gasteiger partial charge in [-0.15, -0.1) is 0 Å². The van der Waals surface area contributed by atoms with E-state index in [0.29, 0.717) is 10.0 Å². The Morgan fingerprint density at radius 3 is 2.70 bits per heavy atom. The van der Waals surface area contributed by atoms with Crippen molar-refractivity contribution in [2.45, 2.75) is 0 Å². The minimum absolute atomic E-state index is 0.117. The Kier molecular flexibility index (Phi) is 4.37. The molecular weight excluding hydrogens is 324 g/mol. The molecule has 1 amide bonds. The highest BCUT2D eigenvalue weighted by Gasteiger charge is 2.10. The highest BCUT2D eigenvalue weighted by atomic mass is 79.9. The van der Waals surface area contributed by atoms with Crippen molar-refractivity contribution in [3.8, 4) is 11.5 Å². The molecule has 2 rings (SSSR count). The summed E-state index contributed by atoms with van der Waals surface area (Å²) >= 11 is 3.19. The van der Waals surface area contributed by atoms with Gasteiger partial charge in [0, 0.05) is 4.47 Å². The Balaban J connectivity index is 2.05. The molecule has 0 fully saturated rings. The van der Waals surface area contributed by atoms with Crippen molar-refractivity contribution in [2.24, 2.45) is 5.10 Å². The minimum Gasteiger partial charge on any atom is -0.508 e. The van der Waals surface area contributed by atoms with Gasteiger partial charge in [-0.1, -0.05) is 28.1 Å². The summed E-state index contributed by atoms with van der Waals surface area (Å²) in [6.45, 7) is 0. The summed E-state index contributed by atoms with van der Waals surface area (Å²) in [4.78, 5) is 11.8. The first-order valence-electron chi connectivity index (χ1n) is 5.67. The fourth-order valence-electron chi connectivity index (χ4n) is 1.53. The van der Waals surface area contributed by atoms with Crippen LogP contribution in [0.2, 0.25) is 0 Å². The van der Waals surface area contributed by atoms with Gasteiger partial charge in [-0.3, -0.25) is 4.79 Å². The Labute approximate surface area is 123 Å². The fraction of sp³-hybridized carbons (Fsp3) is 0. The molecule has 0 aliphatic rings. The van der Waals surface area contributed by atoms with Gasteiger partial charge in [-0.2, -0.15) is 5.10 Å². The van der Waals surface area contributed by atoms with Crippen LogP contribution in [0.25, 0.3) is 0 Å². The number of carbonyl (C=O) groups excluding carboxylic acids is 1. The molecule has 102 valence electrons. The SMILES string of the molecule is O=C(N/N=C/c1cccc(O)c1)c1ccc(Br)cc1O. The summed E-state index contributed by atoms with van der Waals surface area (Å²) in [7, 11) is 0. The lowest BCUT2D eigenvalue weighted by molar-refractivity contribution is 0.0952. The first-order chi connectivity index (χ1) is 9.56. The molecule has 5 nitrogen and oxygen atoms in total. The average Bonchev–Trinajstić information content (AvgIpc) is 2.38. The summed E-state index contributed by atoms with van der Waals surface area (Å²) in [6.07, 6.45) is 1.40. The van der Waals surface area contributed by atoms with Crippen LogP contribution < -0.4 is 5.43 Å². The summed E-state index contributed by atoms with van der Waals surface area (Å²) in [5.41, 5.74) is 3.07. The van der Waals surface area contributed by atoms with E-state index in [1.54, 1.807) is 18.2 Å². The van der Waals surface area contributed by atoms with Crippen LogP contribution in [-0.4, -0.2) is 22.3 Å². The van der Waals surface area contributed by atoms with E-state index in [4.69, 9.17) is 0 Å². The number of phenolic OH excluding ortho intramolecular Hbond substituents is 2. The minimum atomic E-state index is -0.522. The number of nitrogens with zero attached hydrogens (tertiary/aromatic N) is 1. The third-order valence-electron chi connectivity index (χ3n) is 2.45. The number of hydrogen-bond acceptors (Lipinski definition) is 4. The molecule has 0 bridgehead atoms. The Hall–Kier alpha value is -2.34. The second-order valence-corrected chi connectivity index (χ2v) is 4.87. The fourth-order valence-corrected chi connectivity index (χ4v) is 1.88. The number of amides is 1. The lowest BCUT2D eigenvalue weighted by Gasteiger charge is -2.03. The van der Waals surface area contributed by atoms with Crippen molar-refractivity contribution in [3.63, 3.8) is 0 Å². The van der Waals surface area contributed by atoms with E-state index in [0.717, 1.165) is 0 Å². The van der Waals surface area contributed by atoms with Gasteiger partial charge in [0.1, 0.15) is 11.5 Å². The van der Waals surface area contributed by atoms with Crippen molar-refractivity contribution < 1.29 is 15.0 Å². The molecule has 0 atom stereocenters. The van der Waals surface area contributed by atoms with Crippen LogP contribution in [0.1, 0.15) is 15.9 Å². The number of phenols is 2. The number of hydrogen-bond donors (Lipinski definition) is 3. The van der Waals surface area contributed by atoms with Crippen LogP contribution in [0.3, 0.4) is 0 Å². The highest BCUT2D eigenvalue weighted by molar-refractivity contribution is 9.10. The smallest absolute Gasteiger partial charge is 0.275 e. The summed E-state index contributed by atoms with van der Waals surface area (Å²) in [5, 5.41) is 22.7. The molecule has 0 spiro atoms. The summed E-state index contributed by atoms with van der Waals surface area (Å²) < 4.78 is 0.676. The lowest BCUT2D eigenvalue weighted by Crippen LogP contribution is -2.17. The number of benzene rings is 2. The van der Waals surface area contributed by atoms with Crippen LogP contribution in [0.5, 0.6) is 11.5 Å². The van der Waals surface area contributed by atoms with Gasteiger partial charge in [0.2, 0.25) is 0 Å². The number of aromatic hydroxyl groups is 2. The van der Waals surface area contributed by atoms with Crippen molar-refractivity contribution in [1.82, 2.24) is 5.43 Å². The molecule has 0 aromatic heterocycles. The lowest BCUT2D eigenvalue weighted by atomic mass is 10.2. The predicted molar refractivity (Wildman–Crippen MR) is 79.0 cm³/mol. The van der Waals surface area contributed by atoms with Crippen molar-refractivity contribution >= 4 is 28.1 Å². The van der Waals surface area contributed by atoms with E-state index < -0.39 is 5.91 Å².